The number of nitrogens with one attached hydrogen (secondary N) is 1. The molecular weight excluding hydrogens is 377 g/mol. The Bertz CT molecular complexity index is 1050. The highest BCUT2D eigenvalue weighted by molar-refractivity contribution is 8.01. The first-order valence-electron chi connectivity index (χ1n) is 8.93. The van der Waals surface area contributed by atoms with Crippen molar-refractivity contribution in [1.82, 2.24) is 9.78 Å². The largest absolute Gasteiger partial charge is 0.497 e. The normalized spacial score (nSPS) is 18.9. The number of carbonyl (C=O) groups is 1. The van der Waals surface area contributed by atoms with Crippen LogP contribution in [0.1, 0.15) is 29.0 Å². The lowest BCUT2D eigenvalue weighted by atomic mass is 10.0. The fourth-order valence-corrected chi connectivity index (χ4v) is 4.68. The topological polar surface area (TPSA) is 56.1 Å². The van der Waals surface area contributed by atoms with Crippen LogP contribution in [0.25, 0.3) is 5.69 Å². The first-order chi connectivity index (χ1) is 13.5. The van der Waals surface area contributed by atoms with Crippen LogP contribution in [0, 0.1) is 12.7 Å². The van der Waals surface area contributed by atoms with Gasteiger partial charge in [-0.3, -0.25) is 4.79 Å². The molecule has 5 nitrogen and oxygen atoms in total. The molecular formula is C21H20FN3O2S. The molecule has 1 N–H and O–H groups in total. The number of aromatic nitrogens is 2. The number of aryl methyl sites for hydroxylation is 1. The lowest BCUT2D eigenvalue weighted by molar-refractivity contribution is -0.115. The third kappa shape index (κ3) is 3.26. The molecule has 0 aliphatic carbocycles. The van der Waals surface area contributed by atoms with Crippen molar-refractivity contribution >= 4 is 23.5 Å². The monoisotopic (exact) mass is 397 g/mol. The maximum atomic E-state index is 13.8. The lowest BCUT2D eigenvalue weighted by Crippen LogP contribution is -2.22. The number of amides is 1. The number of carbonyl (C=O) groups excluding carboxylic acids is 1. The van der Waals surface area contributed by atoms with Crippen molar-refractivity contribution in [3.63, 3.8) is 0 Å². The molecule has 1 amide bonds. The van der Waals surface area contributed by atoms with Gasteiger partial charge in [-0.25, -0.2) is 9.07 Å². The van der Waals surface area contributed by atoms with Gasteiger partial charge in [0.05, 0.1) is 29.0 Å². The van der Waals surface area contributed by atoms with E-state index in [0.29, 0.717) is 11.5 Å². The summed E-state index contributed by atoms with van der Waals surface area (Å²) < 4.78 is 20.8. The van der Waals surface area contributed by atoms with Gasteiger partial charge in [-0.2, -0.15) is 5.10 Å². The van der Waals surface area contributed by atoms with E-state index in [1.54, 1.807) is 35.7 Å². The van der Waals surface area contributed by atoms with Crippen LogP contribution in [0.5, 0.6) is 5.75 Å². The predicted molar refractivity (Wildman–Crippen MR) is 109 cm³/mol. The van der Waals surface area contributed by atoms with E-state index in [0.717, 1.165) is 22.6 Å². The summed E-state index contributed by atoms with van der Waals surface area (Å²) in [5, 5.41) is 7.24. The zero-order valence-electron chi connectivity index (χ0n) is 15.8. The second-order valence-electron chi connectivity index (χ2n) is 6.66. The molecule has 2 atom stereocenters. The van der Waals surface area contributed by atoms with Crippen LogP contribution in [0.2, 0.25) is 0 Å². The molecule has 4 rings (SSSR count). The fraction of sp³-hybridized carbons (Fsp3) is 0.238. The van der Waals surface area contributed by atoms with E-state index < -0.39 is 0 Å². The molecule has 2 aromatic carbocycles. The number of nitrogens with zero attached hydrogens (tertiary/aromatic N) is 2. The second-order valence-corrected chi connectivity index (χ2v) is 8.11. The number of anilines is 1. The summed E-state index contributed by atoms with van der Waals surface area (Å²) in [6.45, 7) is 3.79. The molecule has 3 aromatic rings. The lowest BCUT2D eigenvalue weighted by Gasteiger charge is -2.18. The molecule has 28 heavy (non-hydrogen) atoms. The Hall–Kier alpha value is -2.80. The molecule has 0 saturated carbocycles. The van der Waals surface area contributed by atoms with E-state index in [2.05, 4.69) is 10.4 Å². The average Bonchev–Trinajstić information content (AvgIpc) is 2.94. The highest BCUT2D eigenvalue weighted by Gasteiger charge is 2.34. The summed E-state index contributed by atoms with van der Waals surface area (Å²) in [5.74, 6) is 0.879. The van der Waals surface area contributed by atoms with Crippen molar-refractivity contribution in [2.45, 2.75) is 24.3 Å². The molecule has 0 saturated heterocycles. The number of thioether (sulfide) groups is 1. The Morgan fingerprint density at radius 3 is 2.75 bits per heavy atom. The van der Waals surface area contributed by atoms with Gasteiger partial charge in [-0.15, -0.1) is 11.8 Å². The minimum atomic E-state index is -0.355. The number of ether oxygens (including phenoxy) is 1. The van der Waals surface area contributed by atoms with E-state index in [-0.39, 0.29) is 22.2 Å². The molecule has 2 heterocycles. The van der Waals surface area contributed by atoms with Crippen LogP contribution in [-0.2, 0) is 4.79 Å². The average molecular weight is 397 g/mol. The highest BCUT2D eigenvalue weighted by atomic mass is 32.2. The molecule has 1 aromatic heterocycles. The zero-order chi connectivity index (χ0) is 19.8. The summed E-state index contributed by atoms with van der Waals surface area (Å²) in [6, 6.07) is 14.0. The van der Waals surface area contributed by atoms with Gasteiger partial charge in [0.1, 0.15) is 17.4 Å². The molecule has 7 heteroatoms. The summed E-state index contributed by atoms with van der Waals surface area (Å²) in [5.41, 5.74) is 3.29. The third-order valence-electron chi connectivity index (χ3n) is 4.77. The summed E-state index contributed by atoms with van der Waals surface area (Å²) in [4.78, 5) is 12.7. The minimum Gasteiger partial charge on any atom is -0.497 e. The van der Waals surface area contributed by atoms with Crippen molar-refractivity contribution in [1.29, 1.82) is 0 Å². The van der Waals surface area contributed by atoms with Gasteiger partial charge >= 0.3 is 0 Å². The molecule has 0 bridgehead atoms. The van der Waals surface area contributed by atoms with Gasteiger partial charge in [-0.05, 0) is 49.7 Å². The molecule has 0 radical (unpaired) electrons. The Morgan fingerprint density at radius 1 is 1.21 bits per heavy atom. The first-order valence-corrected chi connectivity index (χ1v) is 9.88. The van der Waals surface area contributed by atoms with Crippen molar-refractivity contribution in [2.75, 3.05) is 12.4 Å². The summed E-state index contributed by atoms with van der Waals surface area (Å²) >= 11 is 1.56. The fourth-order valence-electron chi connectivity index (χ4n) is 3.37. The predicted octanol–water partition coefficient (Wildman–Crippen LogP) is 4.49. The van der Waals surface area contributed by atoms with E-state index in [1.165, 1.54) is 12.1 Å². The van der Waals surface area contributed by atoms with E-state index >= 15 is 0 Å². The van der Waals surface area contributed by atoms with Crippen LogP contribution in [0.15, 0.2) is 48.5 Å². The second kappa shape index (κ2) is 7.31. The van der Waals surface area contributed by atoms with Crippen molar-refractivity contribution in [2.24, 2.45) is 0 Å². The van der Waals surface area contributed by atoms with E-state index in [9.17, 15) is 9.18 Å². The highest BCUT2D eigenvalue weighted by Crippen LogP contribution is 2.46. The zero-order valence-corrected chi connectivity index (χ0v) is 16.6. The molecule has 0 spiro atoms. The summed E-state index contributed by atoms with van der Waals surface area (Å²) in [6.07, 6.45) is 0. The van der Waals surface area contributed by atoms with Crippen LogP contribution in [0.3, 0.4) is 0 Å². The van der Waals surface area contributed by atoms with Gasteiger partial charge in [0, 0.05) is 5.56 Å². The SMILES string of the molecule is COc1cccc(C2SC(C)C(=O)Nc3c2c(C)nn3-c2cccc(F)c2)c1. The van der Waals surface area contributed by atoms with Crippen molar-refractivity contribution in [3.05, 3.63) is 71.2 Å². The van der Waals surface area contributed by atoms with Gasteiger partial charge in [0.25, 0.3) is 0 Å². The number of hydrogen-bond donors (Lipinski definition) is 1. The summed E-state index contributed by atoms with van der Waals surface area (Å²) in [7, 11) is 1.63. The van der Waals surface area contributed by atoms with E-state index in [4.69, 9.17) is 4.74 Å². The van der Waals surface area contributed by atoms with Crippen LogP contribution in [-0.4, -0.2) is 28.0 Å². The number of halogens is 1. The van der Waals surface area contributed by atoms with Crippen molar-refractivity contribution < 1.29 is 13.9 Å². The van der Waals surface area contributed by atoms with Crippen LogP contribution >= 0.6 is 11.8 Å². The number of fused-ring (bicyclic) bond motifs is 1. The quantitative estimate of drug-likeness (QED) is 0.707. The molecule has 1 aliphatic rings. The standard InChI is InChI=1S/C21H20FN3O2S/c1-12-18-19(14-6-4-9-17(10-14)27-3)28-13(2)21(26)23-20(18)25(24-12)16-8-5-7-15(22)11-16/h4-11,13,19H,1-3H3,(H,23,26). The maximum absolute atomic E-state index is 13.8. The Labute approximate surface area is 166 Å². The Balaban J connectivity index is 1.91. The molecule has 2 unspecified atom stereocenters. The van der Waals surface area contributed by atoms with Gasteiger partial charge in [0.15, 0.2) is 0 Å². The van der Waals surface area contributed by atoms with Crippen molar-refractivity contribution in [3.8, 4) is 11.4 Å². The Morgan fingerprint density at radius 2 is 2.00 bits per heavy atom. The van der Waals surface area contributed by atoms with Gasteiger partial charge in [-0.1, -0.05) is 18.2 Å². The van der Waals surface area contributed by atoms with Gasteiger partial charge in [0.2, 0.25) is 5.91 Å². The first kappa shape index (κ1) is 18.6. The number of methoxy groups -OCH3 is 1. The number of hydrogen-bond acceptors (Lipinski definition) is 4. The number of benzene rings is 2. The smallest absolute Gasteiger partial charge is 0.238 e. The molecule has 1 aliphatic heterocycles. The minimum absolute atomic E-state index is 0.103. The van der Waals surface area contributed by atoms with E-state index in [1.807, 2.05) is 38.1 Å². The molecule has 144 valence electrons. The third-order valence-corrected chi connectivity index (χ3v) is 6.17. The van der Waals surface area contributed by atoms with Gasteiger partial charge < -0.3 is 10.1 Å². The number of rotatable bonds is 3. The van der Waals surface area contributed by atoms with Crippen LogP contribution < -0.4 is 10.1 Å². The Kier molecular flexibility index (Phi) is 4.85. The van der Waals surface area contributed by atoms with Crippen LogP contribution in [0.4, 0.5) is 10.2 Å². The molecule has 0 fully saturated rings. The maximum Gasteiger partial charge on any atom is 0.238 e.